The number of halogens is 3. The summed E-state index contributed by atoms with van der Waals surface area (Å²) in [7, 11) is 0. The number of nitrogens with one attached hydrogen (secondary N) is 1. The summed E-state index contributed by atoms with van der Waals surface area (Å²) in [5.74, 6) is -3.85. The summed E-state index contributed by atoms with van der Waals surface area (Å²) >= 11 is 0. The van der Waals surface area contributed by atoms with Gasteiger partial charge in [-0.2, -0.15) is 13.2 Å². The molecule has 164 valence electrons. The summed E-state index contributed by atoms with van der Waals surface area (Å²) in [6.07, 6.45) is -5.31. The smallest absolute Gasteiger partial charge is 0.393 e. The molecule has 31 heavy (non-hydrogen) atoms. The number of likely N-dealkylation sites (tertiary alicyclic amines) is 1. The van der Waals surface area contributed by atoms with Gasteiger partial charge in [0.25, 0.3) is 5.91 Å². The Hall–Kier alpha value is -3.56. The zero-order chi connectivity index (χ0) is 22.6. The van der Waals surface area contributed by atoms with Crippen LogP contribution in [0.3, 0.4) is 0 Å². The van der Waals surface area contributed by atoms with E-state index >= 15 is 0 Å². The Morgan fingerprint density at radius 1 is 1.03 bits per heavy atom. The van der Waals surface area contributed by atoms with E-state index in [1.54, 1.807) is 36.4 Å². The van der Waals surface area contributed by atoms with E-state index in [1.165, 1.54) is 12.1 Å². The lowest BCUT2D eigenvalue weighted by molar-refractivity contribution is -0.171. The third-order valence-electron chi connectivity index (χ3n) is 4.86. The fourth-order valence-corrected chi connectivity index (χ4v) is 3.24. The van der Waals surface area contributed by atoms with Crippen molar-refractivity contribution in [1.82, 2.24) is 10.2 Å². The lowest BCUT2D eigenvalue weighted by Crippen LogP contribution is -2.45. The predicted octanol–water partition coefficient (Wildman–Crippen LogP) is 3.07. The third kappa shape index (κ3) is 5.53. The quantitative estimate of drug-likeness (QED) is 0.726. The molecule has 0 spiro atoms. The first-order valence-corrected chi connectivity index (χ1v) is 9.35. The van der Waals surface area contributed by atoms with Gasteiger partial charge in [-0.1, -0.05) is 18.2 Å². The maximum atomic E-state index is 12.9. The Morgan fingerprint density at radius 2 is 1.65 bits per heavy atom. The van der Waals surface area contributed by atoms with Crippen LogP contribution >= 0.6 is 0 Å². The Morgan fingerprint density at radius 3 is 2.23 bits per heavy atom. The highest BCUT2D eigenvalue weighted by atomic mass is 19.4. The van der Waals surface area contributed by atoms with E-state index in [0.29, 0.717) is 16.4 Å². The first-order valence-electron chi connectivity index (χ1n) is 9.35. The Kier molecular flexibility index (Phi) is 6.47. The van der Waals surface area contributed by atoms with Crippen molar-refractivity contribution in [3.8, 4) is 11.5 Å². The number of rotatable bonds is 6. The van der Waals surface area contributed by atoms with E-state index in [4.69, 9.17) is 9.84 Å². The minimum absolute atomic E-state index is 0.206. The molecule has 1 aliphatic rings. The van der Waals surface area contributed by atoms with Crippen molar-refractivity contribution in [2.45, 2.75) is 18.6 Å². The van der Waals surface area contributed by atoms with E-state index in [2.05, 4.69) is 5.32 Å². The van der Waals surface area contributed by atoms with Gasteiger partial charge in [0.15, 0.2) is 0 Å². The summed E-state index contributed by atoms with van der Waals surface area (Å²) < 4.78 is 44.4. The van der Waals surface area contributed by atoms with E-state index in [-0.39, 0.29) is 5.56 Å². The first-order chi connectivity index (χ1) is 14.6. The number of carboxylic acids is 1. The molecular formula is C21H19F3N2O5. The number of hydrogen-bond acceptors (Lipinski definition) is 4. The lowest BCUT2D eigenvalue weighted by atomic mass is 10.1. The van der Waals surface area contributed by atoms with Gasteiger partial charge in [-0.25, -0.2) is 4.79 Å². The Balaban J connectivity index is 1.57. The number of ether oxygens (including phenoxy) is 1. The topological polar surface area (TPSA) is 95.9 Å². The van der Waals surface area contributed by atoms with Crippen LogP contribution in [0.2, 0.25) is 0 Å². The molecule has 2 aromatic rings. The molecule has 0 radical (unpaired) electrons. The molecule has 0 unspecified atom stereocenters. The molecule has 0 aromatic heterocycles. The fraction of sp³-hybridized carbons (Fsp3) is 0.286. The average Bonchev–Trinajstić information content (AvgIpc) is 3.20. The van der Waals surface area contributed by atoms with Crippen LogP contribution in [0, 0.1) is 5.92 Å². The van der Waals surface area contributed by atoms with Crippen molar-refractivity contribution >= 4 is 17.8 Å². The molecule has 1 saturated heterocycles. The van der Waals surface area contributed by atoms with E-state index < -0.39 is 55.4 Å². The number of hydrogen-bond donors (Lipinski definition) is 2. The molecule has 2 atom stereocenters. The molecule has 2 amide bonds. The highest BCUT2D eigenvalue weighted by Gasteiger charge is 2.50. The average molecular weight is 436 g/mol. The standard InChI is InChI=1S/C21H19F3N2O5/c22-21(23,24)14-10-17(20(29)30)26(12-14)18(27)11-25-19(28)13-6-8-16(9-7-13)31-15-4-2-1-3-5-15/h1-9,14,17H,10-12H2,(H,25,28)(H,29,30)/t14-,17-/m1/s1. The van der Waals surface area contributed by atoms with Crippen LogP contribution in [0.25, 0.3) is 0 Å². The minimum Gasteiger partial charge on any atom is -0.480 e. The number of nitrogens with zero attached hydrogens (tertiary/aromatic N) is 1. The number of alkyl halides is 3. The van der Waals surface area contributed by atoms with E-state index in [9.17, 15) is 27.6 Å². The second kappa shape index (κ2) is 9.07. The number of benzene rings is 2. The van der Waals surface area contributed by atoms with Crippen molar-refractivity contribution in [2.75, 3.05) is 13.1 Å². The summed E-state index contributed by atoms with van der Waals surface area (Å²) in [5.41, 5.74) is 0.206. The van der Waals surface area contributed by atoms with Crippen LogP contribution in [0.1, 0.15) is 16.8 Å². The van der Waals surface area contributed by atoms with E-state index in [0.717, 1.165) is 0 Å². The number of carbonyl (C=O) groups excluding carboxylic acids is 2. The van der Waals surface area contributed by atoms with E-state index in [1.807, 2.05) is 6.07 Å². The maximum absolute atomic E-state index is 12.9. The van der Waals surface area contributed by atoms with Gasteiger partial charge in [0, 0.05) is 12.1 Å². The highest BCUT2D eigenvalue weighted by Crippen LogP contribution is 2.36. The fourth-order valence-electron chi connectivity index (χ4n) is 3.24. The molecule has 0 aliphatic carbocycles. The number of para-hydroxylation sites is 1. The third-order valence-corrected chi connectivity index (χ3v) is 4.86. The molecule has 1 aliphatic heterocycles. The molecular weight excluding hydrogens is 417 g/mol. The van der Waals surface area contributed by atoms with Gasteiger partial charge in [0.05, 0.1) is 12.5 Å². The van der Waals surface area contributed by atoms with Gasteiger partial charge in [-0.15, -0.1) is 0 Å². The number of amides is 2. The van der Waals surface area contributed by atoms with Gasteiger partial charge in [-0.05, 0) is 42.8 Å². The number of aliphatic carboxylic acids is 1. The van der Waals surface area contributed by atoms with Crippen molar-refractivity contribution in [3.63, 3.8) is 0 Å². The Labute approximate surface area is 175 Å². The molecule has 10 heteroatoms. The van der Waals surface area contributed by atoms with Crippen molar-refractivity contribution < 1.29 is 37.4 Å². The SMILES string of the molecule is O=C(NCC(=O)N1C[C@H](C(F)(F)F)C[C@@H]1C(=O)O)c1ccc(Oc2ccccc2)cc1. The van der Waals surface area contributed by atoms with Crippen molar-refractivity contribution in [2.24, 2.45) is 5.92 Å². The minimum atomic E-state index is -4.60. The summed E-state index contributed by atoms with van der Waals surface area (Å²) in [6.45, 7) is -1.36. The summed E-state index contributed by atoms with van der Waals surface area (Å²) in [5, 5.41) is 11.5. The zero-order valence-corrected chi connectivity index (χ0v) is 16.1. The van der Waals surface area contributed by atoms with Crippen LogP contribution in [0.4, 0.5) is 13.2 Å². The molecule has 1 fully saturated rings. The van der Waals surface area contributed by atoms with Gasteiger partial charge in [0.1, 0.15) is 17.5 Å². The van der Waals surface area contributed by atoms with Crippen LogP contribution in [0.15, 0.2) is 54.6 Å². The second-order valence-corrected chi connectivity index (χ2v) is 7.00. The van der Waals surface area contributed by atoms with Crippen molar-refractivity contribution in [1.29, 1.82) is 0 Å². The number of carboxylic acid groups (broad SMARTS) is 1. The summed E-state index contributed by atoms with van der Waals surface area (Å²) in [6, 6.07) is 13.4. The first kappa shape index (κ1) is 22.1. The van der Waals surface area contributed by atoms with Crippen LogP contribution < -0.4 is 10.1 Å². The normalized spacial score (nSPS) is 18.5. The zero-order valence-electron chi connectivity index (χ0n) is 16.1. The van der Waals surface area contributed by atoms with Gasteiger partial charge < -0.3 is 20.1 Å². The monoisotopic (exact) mass is 436 g/mol. The second-order valence-electron chi connectivity index (χ2n) is 7.00. The van der Waals surface area contributed by atoms with Crippen molar-refractivity contribution in [3.05, 3.63) is 60.2 Å². The van der Waals surface area contributed by atoms with Gasteiger partial charge in [-0.3, -0.25) is 9.59 Å². The molecule has 7 nitrogen and oxygen atoms in total. The largest absolute Gasteiger partial charge is 0.480 e. The van der Waals surface area contributed by atoms with Gasteiger partial charge >= 0.3 is 12.1 Å². The molecule has 2 N–H and O–H groups in total. The summed E-state index contributed by atoms with van der Waals surface area (Å²) in [4.78, 5) is 36.4. The Bertz CT molecular complexity index is 948. The lowest BCUT2D eigenvalue weighted by Gasteiger charge is -2.21. The van der Waals surface area contributed by atoms with Crippen LogP contribution in [0.5, 0.6) is 11.5 Å². The molecule has 2 aromatic carbocycles. The predicted molar refractivity (Wildman–Crippen MR) is 103 cm³/mol. The van der Waals surface area contributed by atoms with Gasteiger partial charge in [0.2, 0.25) is 5.91 Å². The maximum Gasteiger partial charge on any atom is 0.393 e. The molecule has 3 rings (SSSR count). The number of carbonyl (C=O) groups is 3. The van der Waals surface area contributed by atoms with Crippen LogP contribution in [-0.2, 0) is 9.59 Å². The molecule has 0 saturated carbocycles. The molecule has 0 bridgehead atoms. The van der Waals surface area contributed by atoms with Crippen LogP contribution in [-0.4, -0.2) is 53.1 Å². The highest BCUT2D eigenvalue weighted by molar-refractivity contribution is 5.97. The molecule has 1 heterocycles.